The third-order valence-corrected chi connectivity index (χ3v) is 4.57. The zero-order valence-corrected chi connectivity index (χ0v) is 12.5. The van der Waals surface area contributed by atoms with E-state index in [1.165, 1.54) is 0 Å². The highest BCUT2D eigenvalue weighted by Gasteiger charge is 2.17. The molecule has 0 saturated heterocycles. The number of anilines is 1. The third-order valence-electron chi connectivity index (χ3n) is 2.61. The summed E-state index contributed by atoms with van der Waals surface area (Å²) in [4.78, 5) is -0.333. The lowest BCUT2D eigenvalue weighted by Gasteiger charge is -2.11. The van der Waals surface area contributed by atoms with Crippen LogP contribution in [-0.2, 0) is 15.4 Å². The Bertz CT molecular complexity index is 735. The highest BCUT2D eigenvalue weighted by atomic mass is 79.9. The van der Waals surface area contributed by atoms with Gasteiger partial charge >= 0.3 is 0 Å². The number of benzene rings is 2. The average molecular weight is 362 g/mol. The summed E-state index contributed by atoms with van der Waals surface area (Å²) < 4.78 is 52.5. The maximum atomic E-state index is 13.1. The molecule has 0 fully saturated rings. The summed E-state index contributed by atoms with van der Waals surface area (Å²) in [6, 6.07) is 9.22. The first-order valence-electron chi connectivity index (χ1n) is 5.56. The van der Waals surface area contributed by atoms with Crippen molar-refractivity contribution in [2.45, 2.75) is 10.2 Å². The fraction of sp³-hybridized carbons (Fsp3) is 0.0769. The first kappa shape index (κ1) is 14.9. The van der Waals surface area contributed by atoms with Gasteiger partial charge in [-0.25, -0.2) is 17.2 Å². The lowest BCUT2D eigenvalue weighted by Crippen LogP contribution is -2.14. The van der Waals surface area contributed by atoms with Gasteiger partial charge in [-0.3, -0.25) is 4.72 Å². The van der Waals surface area contributed by atoms with Crippen molar-refractivity contribution in [1.29, 1.82) is 0 Å². The molecule has 0 spiro atoms. The van der Waals surface area contributed by atoms with E-state index in [4.69, 9.17) is 0 Å². The van der Waals surface area contributed by atoms with Crippen LogP contribution in [0.2, 0.25) is 0 Å². The van der Waals surface area contributed by atoms with E-state index in [-0.39, 0.29) is 4.90 Å². The normalized spacial score (nSPS) is 11.3. The van der Waals surface area contributed by atoms with E-state index in [2.05, 4.69) is 20.7 Å². The Kier molecular flexibility index (Phi) is 4.39. The Hall–Kier alpha value is -1.47. The summed E-state index contributed by atoms with van der Waals surface area (Å²) in [5.74, 6) is -2.30. The predicted molar refractivity (Wildman–Crippen MR) is 76.2 cm³/mol. The van der Waals surface area contributed by atoms with Gasteiger partial charge in [0.05, 0.1) is 10.6 Å². The highest BCUT2D eigenvalue weighted by molar-refractivity contribution is 9.08. The van der Waals surface area contributed by atoms with Crippen LogP contribution in [0.3, 0.4) is 0 Å². The molecule has 0 amide bonds. The summed E-state index contributed by atoms with van der Waals surface area (Å²) in [5.41, 5.74) is 1.12. The van der Waals surface area contributed by atoms with Crippen LogP contribution in [0.5, 0.6) is 0 Å². The van der Waals surface area contributed by atoms with Crippen molar-refractivity contribution < 1.29 is 17.2 Å². The number of rotatable bonds is 4. The van der Waals surface area contributed by atoms with Crippen LogP contribution in [0.15, 0.2) is 47.4 Å². The van der Waals surface area contributed by atoms with Gasteiger partial charge in [0.15, 0.2) is 11.6 Å². The summed E-state index contributed by atoms with van der Waals surface area (Å²) in [7, 11) is -3.96. The molecule has 2 aromatic rings. The molecule has 0 heterocycles. The van der Waals surface area contributed by atoms with Crippen LogP contribution in [0.4, 0.5) is 14.5 Å². The van der Waals surface area contributed by atoms with Crippen molar-refractivity contribution in [3.63, 3.8) is 0 Å². The molecular weight excluding hydrogens is 352 g/mol. The topological polar surface area (TPSA) is 46.2 Å². The van der Waals surface area contributed by atoms with Crippen molar-refractivity contribution in [2.75, 3.05) is 4.72 Å². The molecule has 0 saturated carbocycles. The molecular formula is C13H10BrF2NO2S. The van der Waals surface area contributed by atoms with Gasteiger partial charge in [0.1, 0.15) is 0 Å². The zero-order chi connectivity index (χ0) is 14.8. The molecule has 3 nitrogen and oxygen atoms in total. The zero-order valence-electron chi connectivity index (χ0n) is 10.1. The second kappa shape index (κ2) is 5.88. The monoisotopic (exact) mass is 361 g/mol. The molecule has 0 radical (unpaired) electrons. The van der Waals surface area contributed by atoms with Gasteiger partial charge in [-0.05, 0) is 29.8 Å². The maximum Gasteiger partial charge on any atom is 0.262 e. The molecule has 106 valence electrons. The molecule has 2 aromatic carbocycles. The fourth-order valence-corrected chi connectivity index (χ4v) is 3.19. The van der Waals surface area contributed by atoms with Crippen molar-refractivity contribution in [3.05, 3.63) is 59.7 Å². The largest absolute Gasteiger partial charge is 0.279 e. The number of alkyl halides is 1. The molecule has 0 atom stereocenters. The Morgan fingerprint density at radius 2 is 1.75 bits per heavy atom. The molecule has 0 aliphatic carbocycles. The summed E-state index contributed by atoms with van der Waals surface area (Å²) >= 11 is 3.25. The van der Waals surface area contributed by atoms with Crippen molar-refractivity contribution in [2.24, 2.45) is 0 Å². The first-order chi connectivity index (χ1) is 9.44. The third kappa shape index (κ3) is 3.16. The van der Waals surface area contributed by atoms with Gasteiger partial charge in [-0.15, -0.1) is 0 Å². The number of halogens is 3. The van der Waals surface area contributed by atoms with Gasteiger partial charge < -0.3 is 0 Å². The number of hydrogen-bond acceptors (Lipinski definition) is 2. The number of sulfonamides is 1. The molecule has 0 bridgehead atoms. The van der Waals surface area contributed by atoms with Gasteiger partial charge in [0.2, 0.25) is 0 Å². The molecule has 1 N–H and O–H groups in total. The first-order valence-corrected chi connectivity index (χ1v) is 8.16. The minimum atomic E-state index is -3.96. The van der Waals surface area contributed by atoms with Crippen molar-refractivity contribution in [3.8, 4) is 0 Å². The Morgan fingerprint density at radius 3 is 2.40 bits per heavy atom. The van der Waals surface area contributed by atoms with Crippen LogP contribution in [0.1, 0.15) is 5.56 Å². The van der Waals surface area contributed by atoms with E-state index in [0.717, 1.165) is 17.7 Å². The van der Waals surface area contributed by atoms with Crippen molar-refractivity contribution in [1.82, 2.24) is 0 Å². The van der Waals surface area contributed by atoms with Gasteiger partial charge in [-0.2, -0.15) is 0 Å². The molecule has 0 aliphatic heterocycles. The van der Waals surface area contributed by atoms with Crippen LogP contribution in [-0.4, -0.2) is 8.42 Å². The second-order valence-electron chi connectivity index (χ2n) is 3.97. The Labute approximate surface area is 123 Å². The number of para-hydroxylation sites is 1. The SMILES string of the molecule is O=S(=O)(Nc1ccccc1CBr)c1ccc(F)c(F)c1. The second-order valence-corrected chi connectivity index (χ2v) is 6.22. The number of nitrogens with one attached hydrogen (secondary N) is 1. The molecule has 0 aromatic heterocycles. The molecule has 2 rings (SSSR count). The van der Waals surface area contributed by atoms with Crippen LogP contribution >= 0.6 is 15.9 Å². The van der Waals surface area contributed by atoms with E-state index in [1.54, 1.807) is 24.3 Å². The standard InChI is InChI=1S/C13H10BrF2NO2S/c14-8-9-3-1-2-4-13(9)17-20(18,19)10-5-6-11(15)12(16)7-10/h1-7,17H,8H2. The Morgan fingerprint density at radius 1 is 1.05 bits per heavy atom. The summed E-state index contributed by atoms with van der Waals surface area (Å²) in [6.07, 6.45) is 0. The van der Waals surface area contributed by atoms with E-state index in [9.17, 15) is 17.2 Å². The molecule has 7 heteroatoms. The van der Waals surface area contributed by atoms with Crippen LogP contribution < -0.4 is 4.72 Å². The van der Waals surface area contributed by atoms with Gasteiger partial charge in [-0.1, -0.05) is 34.1 Å². The Balaban J connectivity index is 2.38. The average Bonchev–Trinajstić information content (AvgIpc) is 2.42. The van der Waals surface area contributed by atoms with Crippen LogP contribution in [0.25, 0.3) is 0 Å². The van der Waals surface area contributed by atoms with Crippen molar-refractivity contribution >= 4 is 31.6 Å². The maximum absolute atomic E-state index is 13.1. The lowest BCUT2D eigenvalue weighted by molar-refractivity contribution is 0.504. The molecule has 0 aliphatic rings. The van der Waals surface area contributed by atoms with Gasteiger partial charge in [0.25, 0.3) is 10.0 Å². The fourth-order valence-electron chi connectivity index (χ4n) is 1.58. The quantitative estimate of drug-likeness (QED) is 0.844. The minimum Gasteiger partial charge on any atom is -0.279 e. The smallest absolute Gasteiger partial charge is 0.262 e. The molecule has 0 unspecified atom stereocenters. The number of hydrogen-bond donors (Lipinski definition) is 1. The highest BCUT2D eigenvalue weighted by Crippen LogP contribution is 2.22. The molecule has 20 heavy (non-hydrogen) atoms. The van der Waals surface area contributed by atoms with E-state index in [1.807, 2.05) is 0 Å². The van der Waals surface area contributed by atoms with E-state index >= 15 is 0 Å². The van der Waals surface area contributed by atoms with E-state index < -0.39 is 21.7 Å². The summed E-state index contributed by atoms with van der Waals surface area (Å²) in [6.45, 7) is 0. The minimum absolute atomic E-state index is 0.333. The van der Waals surface area contributed by atoms with Crippen LogP contribution in [0, 0.1) is 11.6 Å². The van der Waals surface area contributed by atoms with Gasteiger partial charge in [0, 0.05) is 5.33 Å². The summed E-state index contributed by atoms with van der Waals surface area (Å²) in [5, 5.41) is 0.462. The van der Waals surface area contributed by atoms with E-state index in [0.29, 0.717) is 17.1 Å². The predicted octanol–water partition coefficient (Wildman–Crippen LogP) is 3.66. The lowest BCUT2D eigenvalue weighted by atomic mass is 10.2.